The third-order valence-corrected chi connectivity index (χ3v) is 5.77. The molecule has 4 heterocycles. The van der Waals surface area contributed by atoms with Gasteiger partial charge in [0, 0.05) is 18.1 Å². The summed E-state index contributed by atoms with van der Waals surface area (Å²) in [7, 11) is 1.78. The van der Waals surface area contributed by atoms with Crippen LogP contribution in [-0.4, -0.2) is 20.7 Å². The summed E-state index contributed by atoms with van der Waals surface area (Å²) < 4.78 is 1.61. The fraction of sp³-hybridized carbons (Fsp3) is 0.312. The van der Waals surface area contributed by atoms with Crippen LogP contribution in [0.3, 0.4) is 0 Å². The van der Waals surface area contributed by atoms with E-state index in [1.165, 1.54) is 11.3 Å². The minimum Gasteiger partial charge on any atom is -0.359 e. The number of nitrogens with one attached hydrogen (secondary N) is 2. The Bertz CT molecular complexity index is 1010. The van der Waals surface area contributed by atoms with E-state index in [0.717, 1.165) is 38.4 Å². The van der Waals surface area contributed by atoms with Crippen molar-refractivity contribution < 1.29 is 4.79 Å². The number of anilines is 1. The van der Waals surface area contributed by atoms with Crippen LogP contribution in [0.25, 0.3) is 10.2 Å². The summed E-state index contributed by atoms with van der Waals surface area (Å²) in [6, 6.07) is 2.03. The van der Waals surface area contributed by atoms with Crippen molar-refractivity contribution in [3.05, 3.63) is 38.6 Å². The van der Waals surface area contributed by atoms with Crippen LogP contribution in [0.15, 0.2) is 6.07 Å². The maximum atomic E-state index is 12.6. The van der Waals surface area contributed by atoms with Gasteiger partial charge in [-0.1, -0.05) is 11.6 Å². The van der Waals surface area contributed by atoms with E-state index in [2.05, 4.69) is 20.7 Å². The summed E-state index contributed by atoms with van der Waals surface area (Å²) in [4.78, 5) is 18.7. The van der Waals surface area contributed by atoms with E-state index >= 15 is 0 Å². The molecule has 3 aromatic rings. The first-order valence-corrected chi connectivity index (χ1v) is 8.73. The molecule has 2 N–H and O–H groups in total. The summed E-state index contributed by atoms with van der Waals surface area (Å²) in [5.41, 5.74) is 4.45. The van der Waals surface area contributed by atoms with Gasteiger partial charge in [-0.25, -0.2) is 4.98 Å². The molecule has 8 heteroatoms. The molecule has 1 aliphatic heterocycles. The molecular formula is C16H16ClN5OS. The maximum Gasteiger partial charge on any atom is 0.265 e. The maximum absolute atomic E-state index is 12.6. The monoisotopic (exact) mass is 361 g/mol. The van der Waals surface area contributed by atoms with Gasteiger partial charge in [0.15, 0.2) is 0 Å². The van der Waals surface area contributed by atoms with Crippen LogP contribution in [0.2, 0.25) is 5.15 Å². The predicted octanol–water partition coefficient (Wildman–Crippen LogP) is 3.46. The van der Waals surface area contributed by atoms with Crippen molar-refractivity contribution in [2.24, 2.45) is 7.05 Å². The molecule has 6 nitrogen and oxygen atoms in total. The topological polar surface area (TPSA) is 71.8 Å². The number of halogens is 1. The third-order valence-electron chi connectivity index (χ3n) is 4.24. The zero-order chi connectivity index (χ0) is 17.2. The first kappa shape index (κ1) is 15.4. The molecule has 0 bridgehead atoms. The number of carbonyl (C=O) groups excluding carboxylic acids is 1. The van der Waals surface area contributed by atoms with Crippen molar-refractivity contribution >= 4 is 44.7 Å². The van der Waals surface area contributed by atoms with Crippen LogP contribution in [-0.2, 0) is 7.05 Å². The van der Waals surface area contributed by atoms with Gasteiger partial charge in [0.05, 0.1) is 16.9 Å². The molecule has 0 saturated carbocycles. The second-order valence-corrected chi connectivity index (χ2v) is 7.39. The second-order valence-electron chi connectivity index (χ2n) is 6.03. The van der Waals surface area contributed by atoms with Crippen molar-refractivity contribution in [3.8, 4) is 0 Å². The Balaban J connectivity index is 1.89. The molecule has 3 aromatic heterocycles. The normalized spacial score (nSPS) is 16.9. The van der Waals surface area contributed by atoms with Crippen molar-refractivity contribution in [1.29, 1.82) is 0 Å². The van der Waals surface area contributed by atoms with E-state index in [1.807, 2.05) is 26.8 Å². The van der Waals surface area contributed by atoms with Crippen molar-refractivity contribution in [2.75, 3.05) is 5.32 Å². The minimum absolute atomic E-state index is 0.117. The number of pyridine rings is 1. The van der Waals surface area contributed by atoms with Crippen LogP contribution in [0, 0.1) is 20.8 Å². The SMILES string of the molecule is Cc1cc(C)c2c3c(sc2n1)C(=O)NC(c1c(C)nn(C)c1Cl)N3. The van der Waals surface area contributed by atoms with Crippen LogP contribution in [0.1, 0.15) is 38.4 Å². The highest BCUT2D eigenvalue weighted by atomic mass is 35.5. The average molecular weight is 362 g/mol. The quantitative estimate of drug-likeness (QED) is 0.696. The Morgan fingerprint density at radius 2 is 2.04 bits per heavy atom. The lowest BCUT2D eigenvalue weighted by molar-refractivity contribution is 0.0940. The number of aromatic nitrogens is 3. The molecule has 0 saturated heterocycles. The zero-order valence-corrected chi connectivity index (χ0v) is 15.3. The molecular weight excluding hydrogens is 346 g/mol. The van der Waals surface area contributed by atoms with E-state index in [0.29, 0.717) is 10.0 Å². The molecule has 1 atom stereocenters. The lowest BCUT2D eigenvalue weighted by Crippen LogP contribution is -2.38. The van der Waals surface area contributed by atoms with E-state index in [4.69, 9.17) is 11.6 Å². The number of thiophene rings is 1. The smallest absolute Gasteiger partial charge is 0.265 e. The van der Waals surface area contributed by atoms with Gasteiger partial charge in [0.1, 0.15) is 21.0 Å². The number of amides is 1. The molecule has 0 fully saturated rings. The number of hydrogen-bond donors (Lipinski definition) is 2. The zero-order valence-electron chi connectivity index (χ0n) is 13.7. The highest BCUT2D eigenvalue weighted by Crippen LogP contribution is 2.42. The highest BCUT2D eigenvalue weighted by Gasteiger charge is 2.32. The van der Waals surface area contributed by atoms with Gasteiger partial charge >= 0.3 is 0 Å². The molecule has 1 amide bonds. The van der Waals surface area contributed by atoms with Crippen molar-refractivity contribution in [2.45, 2.75) is 26.9 Å². The van der Waals surface area contributed by atoms with Gasteiger partial charge in [0.25, 0.3) is 5.91 Å². The molecule has 24 heavy (non-hydrogen) atoms. The molecule has 0 aliphatic carbocycles. The molecule has 0 radical (unpaired) electrons. The molecule has 0 aromatic carbocycles. The number of rotatable bonds is 1. The number of fused-ring (bicyclic) bond motifs is 3. The highest BCUT2D eigenvalue weighted by molar-refractivity contribution is 7.21. The Labute approximate surface area is 147 Å². The van der Waals surface area contributed by atoms with Crippen LogP contribution >= 0.6 is 22.9 Å². The number of hydrogen-bond acceptors (Lipinski definition) is 5. The molecule has 1 unspecified atom stereocenters. The Morgan fingerprint density at radius 3 is 2.71 bits per heavy atom. The van der Waals surface area contributed by atoms with Crippen LogP contribution in [0.5, 0.6) is 0 Å². The van der Waals surface area contributed by atoms with Gasteiger partial charge in [-0.2, -0.15) is 5.10 Å². The fourth-order valence-corrected chi connectivity index (χ4v) is 4.68. The lowest BCUT2D eigenvalue weighted by Gasteiger charge is -2.26. The Morgan fingerprint density at radius 1 is 1.29 bits per heavy atom. The Kier molecular flexibility index (Phi) is 3.33. The molecule has 4 rings (SSSR count). The summed E-state index contributed by atoms with van der Waals surface area (Å²) >= 11 is 7.77. The van der Waals surface area contributed by atoms with Crippen molar-refractivity contribution in [1.82, 2.24) is 20.1 Å². The van der Waals surface area contributed by atoms with Crippen LogP contribution < -0.4 is 10.6 Å². The minimum atomic E-state index is -0.412. The first-order valence-electron chi connectivity index (χ1n) is 7.54. The fourth-order valence-electron chi connectivity index (χ4n) is 3.24. The summed E-state index contributed by atoms with van der Waals surface area (Å²) in [6.45, 7) is 5.88. The van der Waals surface area contributed by atoms with Gasteiger partial charge in [-0.3, -0.25) is 9.48 Å². The first-order chi connectivity index (χ1) is 11.4. The van der Waals surface area contributed by atoms with Crippen molar-refractivity contribution in [3.63, 3.8) is 0 Å². The standard InChI is InChI=1S/C16H16ClN5OS/c1-6-5-7(2)18-16-9(6)11-12(24-16)15(23)20-14(19-11)10-8(3)21-22(4)13(10)17/h5,14,19H,1-4H3,(H,20,23). The largest absolute Gasteiger partial charge is 0.359 e. The van der Waals surface area contributed by atoms with Crippen LogP contribution in [0.4, 0.5) is 5.69 Å². The molecule has 1 aliphatic rings. The summed E-state index contributed by atoms with van der Waals surface area (Å²) in [5.74, 6) is -0.117. The number of aryl methyl sites for hydroxylation is 4. The molecule has 0 spiro atoms. The molecule has 124 valence electrons. The van der Waals surface area contributed by atoms with E-state index in [-0.39, 0.29) is 5.91 Å². The van der Waals surface area contributed by atoms with Gasteiger partial charge < -0.3 is 10.6 Å². The Hall–Kier alpha value is -2.12. The third kappa shape index (κ3) is 2.12. The number of nitrogens with zero attached hydrogens (tertiary/aromatic N) is 3. The summed E-state index contributed by atoms with van der Waals surface area (Å²) in [5, 5.41) is 12.2. The van der Waals surface area contributed by atoms with Gasteiger partial charge in [-0.05, 0) is 32.4 Å². The lowest BCUT2D eigenvalue weighted by atomic mass is 10.1. The average Bonchev–Trinajstić information content (AvgIpc) is 2.97. The van der Waals surface area contributed by atoms with Gasteiger partial charge in [-0.15, -0.1) is 11.3 Å². The summed E-state index contributed by atoms with van der Waals surface area (Å²) in [6.07, 6.45) is -0.412. The second kappa shape index (κ2) is 5.19. The van der Waals surface area contributed by atoms with Gasteiger partial charge in [0.2, 0.25) is 0 Å². The predicted molar refractivity (Wildman–Crippen MR) is 95.9 cm³/mol. The number of carbonyl (C=O) groups is 1. The van der Waals surface area contributed by atoms with E-state index < -0.39 is 6.17 Å². The van der Waals surface area contributed by atoms with E-state index in [1.54, 1.807) is 11.7 Å². The van der Waals surface area contributed by atoms with E-state index in [9.17, 15) is 4.79 Å².